The lowest BCUT2D eigenvalue weighted by Gasteiger charge is -2.22. The summed E-state index contributed by atoms with van der Waals surface area (Å²) in [7, 11) is 0. The maximum absolute atomic E-state index is 12.6. The third kappa shape index (κ3) is 3.60. The molecule has 2 aliphatic rings. The summed E-state index contributed by atoms with van der Waals surface area (Å²) < 4.78 is 0.464. The number of hydrogen-bond donors (Lipinski definition) is 1. The van der Waals surface area contributed by atoms with Gasteiger partial charge in [-0.1, -0.05) is 6.92 Å². The summed E-state index contributed by atoms with van der Waals surface area (Å²) in [6.45, 7) is 5.87. The lowest BCUT2D eigenvalue weighted by atomic mass is 10.1. The van der Waals surface area contributed by atoms with Crippen molar-refractivity contribution in [1.29, 1.82) is 0 Å². The van der Waals surface area contributed by atoms with E-state index < -0.39 is 0 Å². The molecule has 0 radical (unpaired) electrons. The quantitative estimate of drug-likeness (QED) is 0.882. The number of carbonyl (C=O) groups is 1. The maximum Gasteiger partial charge on any atom is 0.262 e. The first-order valence-electron chi connectivity index (χ1n) is 7.92. The molecule has 1 saturated carbocycles. The first-order chi connectivity index (χ1) is 10.5. The van der Waals surface area contributed by atoms with Crippen LogP contribution in [0.25, 0.3) is 0 Å². The molecule has 120 valence electrons. The fourth-order valence-electron chi connectivity index (χ4n) is 3.18. The van der Waals surface area contributed by atoms with E-state index in [2.05, 4.69) is 32.7 Å². The van der Waals surface area contributed by atoms with Crippen LogP contribution in [0.1, 0.15) is 25.3 Å². The van der Waals surface area contributed by atoms with E-state index in [1.165, 1.54) is 12.8 Å². The van der Waals surface area contributed by atoms with Gasteiger partial charge in [-0.15, -0.1) is 0 Å². The van der Waals surface area contributed by atoms with Crippen molar-refractivity contribution < 1.29 is 4.79 Å². The lowest BCUT2D eigenvalue weighted by molar-refractivity contribution is -0.130. The molecule has 1 N–H and O–H groups in total. The van der Waals surface area contributed by atoms with Crippen LogP contribution in [0, 0.1) is 5.92 Å². The average molecular weight is 368 g/mol. The minimum atomic E-state index is -0.186. The smallest absolute Gasteiger partial charge is 0.262 e. The number of H-pyrrole nitrogens is 1. The number of aromatic nitrogens is 1. The van der Waals surface area contributed by atoms with Crippen LogP contribution < -0.4 is 5.56 Å². The lowest BCUT2D eigenvalue weighted by Crippen LogP contribution is -2.37. The molecule has 1 amide bonds. The Bertz CT molecular complexity index is 612. The van der Waals surface area contributed by atoms with E-state index in [9.17, 15) is 9.59 Å². The zero-order chi connectivity index (χ0) is 15.7. The van der Waals surface area contributed by atoms with E-state index >= 15 is 0 Å². The SMILES string of the molecule is CC1CN(C(=O)Cc2cc[nH]c(=O)c2Br)CCN(C2CC2)C1. The molecule has 5 nitrogen and oxygen atoms in total. The molecule has 2 fully saturated rings. The van der Waals surface area contributed by atoms with Crippen molar-refractivity contribution >= 4 is 21.8 Å². The highest BCUT2D eigenvalue weighted by Gasteiger charge is 2.32. The van der Waals surface area contributed by atoms with E-state index in [4.69, 9.17) is 0 Å². The Labute approximate surface area is 138 Å². The van der Waals surface area contributed by atoms with Gasteiger partial charge in [0.25, 0.3) is 5.56 Å². The number of rotatable bonds is 3. The molecular formula is C16H22BrN3O2. The zero-order valence-electron chi connectivity index (χ0n) is 12.8. The second-order valence-electron chi connectivity index (χ2n) is 6.49. The van der Waals surface area contributed by atoms with Crippen molar-refractivity contribution in [3.63, 3.8) is 0 Å². The minimum absolute atomic E-state index is 0.107. The molecule has 6 heteroatoms. The highest BCUT2D eigenvalue weighted by molar-refractivity contribution is 9.10. The Hall–Kier alpha value is -1.14. The van der Waals surface area contributed by atoms with Crippen molar-refractivity contribution in [1.82, 2.24) is 14.8 Å². The second-order valence-corrected chi connectivity index (χ2v) is 7.29. The molecule has 1 saturated heterocycles. The standard InChI is InChI=1S/C16H22BrN3O2/c1-11-9-19(13-2-3-13)6-7-20(10-11)14(21)8-12-4-5-18-16(22)15(12)17/h4-5,11,13H,2-3,6-10H2,1H3,(H,18,22). The number of aromatic amines is 1. The summed E-state index contributed by atoms with van der Waals surface area (Å²) in [5.41, 5.74) is 0.569. The third-order valence-corrected chi connectivity index (χ3v) is 5.34. The van der Waals surface area contributed by atoms with Gasteiger partial charge in [0, 0.05) is 38.4 Å². The number of pyridine rings is 1. The van der Waals surface area contributed by atoms with Crippen LogP contribution in [0.5, 0.6) is 0 Å². The van der Waals surface area contributed by atoms with Gasteiger partial charge in [0.2, 0.25) is 5.91 Å². The van der Waals surface area contributed by atoms with Crippen LogP contribution in [0.15, 0.2) is 21.5 Å². The Morgan fingerprint density at radius 1 is 1.36 bits per heavy atom. The average Bonchev–Trinajstić information content (AvgIpc) is 3.30. The van der Waals surface area contributed by atoms with Gasteiger partial charge in [0.05, 0.1) is 10.9 Å². The van der Waals surface area contributed by atoms with Gasteiger partial charge in [-0.2, -0.15) is 0 Å². The molecule has 0 spiro atoms. The van der Waals surface area contributed by atoms with Crippen LogP contribution in [-0.2, 0) is 11.2 Å². The van der Waals surface area contributed by atoms with Crippen LogP contribution in [0.4, 0.5) is 0 Å². The van der Waals surface area contributed by atoms with E-state index in [1.54, 1.807) is 12.3 Å². The zero-order valence-corrected chi connectivity index (χ0v) is 14.4. The summed E-state index contributed by atoms with van der Waals surface area (Å²) >= 11 is 3.27. The summed E-state index contributed by atoms with van der Waals surface area (Å²) in [6.07, 6.45) is 4.48. The summed E-state index contributed by atoms with van der Waals surface area (Å²) in [5.74, 6) is 0.602. The Morgan fingerprint density at radius 2 is 2.14 bits per heavy atom. The Morgan fingerprint density at radius 3 is 2.86 bits per heavy atom. The van der Waals surface area contributed by atoms with E-state index in [0.29, 0.717) is 10.4 Å². The van der Waals surface area contributed by atoms with Gasteiger partial charge in [-0.05, 0) is 46.3 Å². The number of nitrogens with zero attached hydrogens (tertiary/aromatic N) is 2. The monoisotopic (exact) mass is 367 g/mol. The van der Waals surface area contributed by atoms with Crippen LogP contribution in [0.2, 0.25) is 0 Å². The predicted octanol–water partition coefficient (Wildman–Crippen LogP) is 1.62. The molecule has 3 rings (SSSR count). The number of hydrogen-bond acceptors (Lipinski definition) is 3. The Kier molecular flexibility index (Phi) is 4.68. The predicted molar refractivity (Wildman–Crippen MR) is 88.8 cm³/mol. The number of halogens is 1. The van der Waals surface area contributed by atoms with E-state index in [1.807, 2.05) is 4.90 Å². The first-order valence-corrected chi connectivity index (χ1v) is 8.72. The fourth-order valence-corrected chi connectivity index (χ4v) is 3.56. The van der Waals surface area contributed by atoms with Gasteiger partial charge in [0.15, 0.2) is 0 Å². The van der Waals surface area contributed by atoms with Crippen LogP contribution in [-0.4, -0.2) is 52.9 Å². The minimum Gasteiger partial charge on any atom is -0.341 e. The summed E-state index contributed by atoms with van der Waals surface area (Å²) in [6, 6.07) is 2.54. The van der Waals surface area contributed by atoms with Crippen molar-refractivity contribution in [3.8, 4) is 0 Å². The van der Waals surface area contributed by atoms with Crippen molar-refractivity contribution in [2.45, 2.75) is 32.2 Å². The number of carbonyl (C=O) groups excluding carboxylic acids is 1. The van der Waals surface area contributed by atoms with Gasteiger partial charge in [-0.3, -0.25) is 14.5 Å². The normalized spacial score (nSPS) is 23.4. The molecule has 1 aromatic heterocycles. The highest BCUT2D eigenvalue weighted by Crippen LogP contribution is 2.28. The van der Waals surface area contributed by atoms with Crippen molar-refractivity contribution in [2.75, 3.05) is 26.2 Å². The molecule has 0 aromatic carbocycles. The van der Waals surface area contributed by atoms with E-state index in [0.717, 1.165) is 37.8 Å². The fraction of sp³-hybridized carbons (Fsp3) is 0.625. The van der Waals surface area contributed by atoms with Gasteiger partial charge in [0.1, 0.15) is 0 Å². The molecule has 2 heterocycles. The number of nitrogens with one attached hydrogen (secondary N) is 1. The molecule has 1 aromatic rings. The largest absolute Gasteiger partial charge is 0.341 e. The summed E-state index contributed by atoms with van der Waals surface area (Å²) in [4.78, 5) is 31.3. The van der Waals surface area contributed by atoms with E-state index in [-0.39, 0.29) is 17.9 Å². The molecule has 1 atom stereocenters. The second kappa shape index (κ2) is 6.54. The molecule has 1 unspecified atom stereocenters. The van der Waals surface area contributed by atoms with Crippen LogP contribution in [0.3, 0.4) is 0 Å². The molecule has 22 heavy (non-hydrogen) atoms. The van der Waals surface area contributed by atoms with Gasteiger partial charge >= 0.3 is 0 Å². The summed E-state index contributed by atoms with van der Waals surface area (Å²) in [5, 5.41) is 0. The molecule has 0 bridgehead atoms. The number of amides is 1. The molecular weight excluding hydrogens is 346 g/mol. The highest BCUT2D eigenvalue weighted by atomic mass is 79.9. The Balaban J connectivity index is 1.66. The van der Waals surface area contributed by atoms with Crippen molar-refractivity contribution in [2.24, 2.45) is 5.92 Å². The maximum atomic E-state index is 12.6. The van der Waals surface area contributed by atoms with Crippen LogP contribution >= 0.6 is 15.9 Å². The van der Waals surface area contributed by atoms with Crippen molar-refractivity contribution in [3.05, 3.63) is 32.7 Å². The third-order valence-electron chi connectivity index (χ3n) is 4.47. The molecule has 1 aliphatic heterocycles. The topological polar surface area (TPSA) is 56.4 Å². The van der Waals surface area contributed by atoms with Gasteiger partial charge < -0.3 is 9.88 Å². The molecule has 1 aliphatic carbocycles. The van der Waals surface area contributed by atoms with Gasteiger partial charge in [-0.25, -0.2) is 0 Å². The first kappa shape index (κ1) is 15.7.